The molecule has 28 heavy (non-hydrogen) atoms. The van der Waals surface area contributed by atoms with Crippen molar-refractivity contribution in [2.24, 2.45) is 0 Å². The van der Waals surface area contributed by atoms with Crippen LogP contribution in [0, 0.1) is 0 Å². The van der Waals surface area contributed by atoms with E-state index >= 15 is 0 Å². The van der Waals surface area contributed by atoms with Crippen molar-refractivity contribution < 1.29 is 9.90 Å². The molecule has 0 atom stereocenters. The highest BCUT2D eigenvalue weighted by Gasteiger charge is 2.15. The van der Waals surface area contributed by atoms with Gasteiger partial charge in [0.25, 0.3) is 0 Å². The number of hydrogen-bond acceptors (Lipinski definition) is 2. The van der Waals surface area contributed by atoms with Crippen LogP contribution in [-0.4, -0.2) is 36.7 Å². The summed E-state index contributed by atoms with van der Waals surface area (Å²) in [5.74, 6) is -0.313. The average molecular weight is 360 g/mol. The van der Waals surface area contributed by atoms with Gasteiger partial charge >= 0.3 is 5.97 Å². The fourth-order valence-corrected chi connectivity index (χ4v) is 2.99. The molecule has 4 aromatic rings. The molecule has 0 bridgehead atoms. The van der Waals surface area contributed by atoms with Gasteiger partial charge in [0.1, 0.15) is 21.5 Å². The number of H-pyrrole nitrogens is 1. The molecule has 0 saturated carbocycles. The average Bonchev–Trinajstić information content (AvgIpc) is 3.14. The Kier molecular flexibility index (Phi) is 4.62. The van der Waals surface area contributed by atoms with Crippen LogP contribution >= 0.6 is 0 Å². The van der Waals surface area contributed by atoms with E-state index < -0.39 is 5.97 Å². The van der Waals surface area contributed by atoms with E-state index in [0.29, 0.717) is 16.8 Å². The molecule has 0 aliphatic carbocycles. The molecule has 0 spiro atoms. The van der Waals surface area contributed by atoms with E-state index in [1.807, 2.05) is 48.5 Å². The van der Waals surface area contributed by atoms with Crippen LogP contribution < -0.4 is 10.9 Å². The second-order valence-electron chi connectivity index (χ2n) is 6.44. The Morgan fingerprint density at radius 1 is 0.750 bits per heavy atom. The highest BCUT2D eigenvalue weighted by Crippen LogP contribution is 2.32. The first kappa shape index (κ1) is 17.9. The van der Waals surface area contributed by atoms with Gasteiger partial charge in [0.15, 0.2) is 0 Å². The third kappa shape index (κ3) is 3.49. The smallest absolute Gasteiger partial charge is 0.335 e. The number of aromatic nitrogens is 2. The lowest BCUT2D eigenvalue weighted by molar-refractivity contribution is 0.0697. The predicted octanol–water partition coefficient (Wildman–Crippen LogP) is 2.70. The predicted molar refractivity (Wildman–Crippen MR) is 113 cm³/mol. The summed E-state index contributed by atoms with van der Waals surface area (Å²) < 4.78 is 0. The summed E-state index contributed by atoms with van der Waals surface area (Å²) in [6.07, 6.45) is 0. The maximum atomic E-state index is 11.1. The van der Waals surface area contributed by atoms with Crippen molar-refractivity contribution in [3.63, 3.8) is 0 Å². The number of benzene rings is 3. The molecule has 4 radical (unpaired) electrons. The molecule has 0 amide bonds. The van der Waals surface area contributed by atoms with Crippen molar-refractivity contribution in [1.82, 2.24) is 9.97 Å². The zero-order valence-electron chi connectivity index (χ0n) is 14.9. The van der Waals surface area contributed by atoms with Gasteiger partial charge in [0.2, 0.25) is 0 Å². The Hall–Kier alpha value is -3.53. The van der Waals surface area contributed by atoms with E-state index in [9.17, 15) is 4.79 Å². The Labute approximate surface area is 165 Å². The lowest BCUT2D eigenvalue weighted by atomic mass is 9.93. The number of rotatable bonds is 4. The zero-order chi connectivity index (χ0) is 19.7. The van der Waals surface area contributed by atoms with E-state index in [1.54, 1.807) is 24.3 Å². The number of aromatic amines is 1. The van der Waals surface area contributed by atoms with E-state index in [-0.39, 0.29) is 5.56 Å². The van der Waals surface area contributed by atoms with Crippen LogP contribution in [0.3, 0.4) is 0 Å². The van der Waals surface area contributed by atoms with Crippen molar-refractivity contribution in [1.29, 1.82) is 0 Å². The number of carboxylic acids is 1. The number of nitrogens with zero attached hydrogens (tertiary/aromatic N) is 1. The van der Waals surface area contributed by atoms with Gasteiger partial charge in [0, 0.05) is 16.7 Å². The normalized spacial score (nSPS) is 10.7. The van der Waals surface area contributed by atoms with Crippen LogP contribution in [-0.2, 0) is 0 Å². The molecule has 0 saturated heterocycles. The minimum absolute atomic E-state index is 0.229. The molecule has 2 N–H and O–H groups in total. The number of hydrogen-bond donors (Lipinski definition) is 2. The molecule has 0 fully saturated rings. The third-order valence-electron chi connectivity index (χ3n) is 4.49. The Morgan fingerprint density at radius 3 is 1.79 bits per heavy atom. The molecular formula is C22H14B2N2O2. The number of imidazole rings is 1. The molecule has 0 aliphatic heterocycles. The van der Waals surface area contributed by atoms with Gasteiger partial charge < -0.3 is 10.1 Å². The first-order chi connectivity index (χ1) is 13.5. The van der Waals surface area contributed by atoms with Gasteiger partial charge in [-0.3, -0.25) is 0 Å². The van der Waals surface area contributed by atoms with Crippen LogP contribution in [0.15, 0.2) is 72.8 Å². The summed E-state index contributed by atoms with van der Waals surface area (Å²) in [5, 5.41) is 9.09. The highest BCUT2D eigenvalue weighted by molar-refractivity contribution is 6.32. The second kappa shape index (κ2) is 7.24. The van der Waals surface area contributed by atoms with E-state index in [4.69, 9.17) is 25.8 Å². The SMILES string of the molecule is [B]c1ccc(-c2nc(-c3ccc(C(=O)O)cc3)[nH]c2-c2ccc([B])cc2)cc1. The number of nitrogens with one attached hydrogen (secondary N) is 1. The summed E-state index contributed by atoms with van der Waals surface area (Å²) in [7, 11) is 11.6. The van der Waals surface area contributed by atoms with Crippen LogP contribution in [0.2, 0.25) is 0 Å². The summed E-state index contributed by atoms with van der Waals surface area (Å²) in [5.41, 5.74) is 5.88. The molecule has 0 aliphatic rings. The van der Waals surface area contributed by atoms with Gasteiger partial charge in [-0.2, -0.15) is 0 Å². The molecule has 1 heterocycles. The second-order valence-corrected chi connectivity index (χ2v) is 6.44. The number of aromatic carboxylic acids is 1. The van der Waals surface area contributed by atoms with Crippen molar-refractivity contribution in [2.45, 2.75) is 0 Å². The van der Waals surface area contributed by atoms with Crippen LogP contribution in [0.1, 0.15) is 10.4 Å². The number of carbonyl (C=O) groups is 1. The van der Waals surface area contributed by atoms with Crippen molar-refractivity contribution >= 4 is 32.6 Å². The van der Waals surface area contributed by atoms with Crippen molar-refractivity contribution in [2.75, 3.05) is 0 Å². The van der Waals surface area contributed by atoms with Crippen LogP contribution in [0.25, 0.3) is 33.9 Å². The maximum absolute atomic E-state index is 11.1. The summed E-state index contributed by atoms with van der Waals surface area (Å²) in [6, 6.07) is 21.6. The minimum atomic E-state index is -0.962. The van der Waals surface area contributed by atoms with Gasteiger partial charge in [0.05, 0.1) is 17.0 Å². The summed E-state index contributed by atoms with van der Waals surface area (Å²) in [6.45, 7) is 0. The van der Waals surface area contributed by atoms with Gasteiger partial charge in [-0.05, 0) is 12.1 Å². The molecule has 0 unspecified atom stereocenters. The standard InChI is InChI=1S/C22H14B2N2O2/c23-17-9-5-13(6-10-17)19-20(14-7-11-18(24)12-8-14)26-21(25-19)15-1-3-16(4-2-15)22(27)28/h1-12H,(H,25,26)(H,27,28). The van der Waals surface area contributed by atoms with Crippen molar-refractivity contribution in [3.05, 3.63) is 78.4 Å². The van der Waals surface area contributed by atoms with Crippen LogP contribution in [0.4, 0.5) is 0 Å². The molecule has 130 valence electrons. The van der Waals surface area contributed by atoms with E-state index in [2.05, 4.69) is 4.98 Å². The largest absolute Gasteiger partial charge is 0.478 e. The zero-order valence-corrected chi connectivity index (χ0v) is 14.9. The fraction of sp³-hybridized carbons (Fsp3) is 0. The molecule has 4 nitrogen and oxygen atoms in total. The third-order valence-corrected chi connectivity index (χ3v) is 4.49. The quantitative estimate of drug-likeness (QED) is 0.550. The van der Waals surface area contributed by atoms with Gasteiger partial charge in [-0.25, -0.2) is 9.78 Å². The lowest BCUT2D eigenvalue weighted by Gasteiger charge is -2.04. The summed E-state index contributed by atoms with van der Waals surface area (Å²) >= 11 is 0. The lowest BCUT2D eigenvalue weighted by Crippen LogP contribution is -2.00. The van der Waals surface area contributed by atoms with Gasteiger partial charge in [-0.1, -0.05) is 71.6 Å². The Morgan fingerprint density at radius 2 is 1.25 bits per heavy atom. The maximum Gasteiger partial charge on any atom is 0.335 e. The minimum Gasteiger partial charge on any atom is -0.478 e. The van der Waals surface area contributed by atoms with Gasteiger partial charge in [-0.15, -0.1) is 0 Å². The van der Waals surface area contributed by atoms with E-state index in [1.165, 1.54) is 0 Å². The first-order valence-electron chi connectivity index (χ1n) is 8.67. The first-order valence-corrected chi connectivity index (χ1v) is 8.67. The van der Waals surface area contributed by atoms with Crippen molar-refractivity contribution in [3.8, 4) is 33.9 Å². The molecule has 6 heteroatoms. The molecular weight excluding hydrogens is 346 g/mol. The highest BCUT2D eigenvalue weighted by atomic mass is 16.4. The molecule has 4 rings (SSSR count). The monoisotopic (exact) mass is 360 g/mol. The Balaban J connectivity index is 1.84. The van der Waals surface area contributed by atoms with E-state index in [0.717, 1.165) is 28.1 Å². The fourth-order valence-electron chi connectivity index (χ4n) is 2.99. The topological polar surface area (TPSA) is 66.0 Å². The Bertz CT molecular complexity index is 1070. The van der Waals surface area contributed by atoms with Crippen LogP contribution in [0.5, 0.6) is 0 Å². The molecule has 3 aromatic carbocycles. The summed E-state index contributed by atoms with van der Waals surface area (Å²) in [4.78, 5) is 19.2. The number of carboxylic acid groups (broad SMARTS) is 1. The molecule has 1 aromatic heterocycles.